The number of carbonyl (C=O) groups excluding carboxylic acids is 1. The first-order chi connectivity index (χ1) is 11.6. The second-order valence-electron chi connectivity index (χ2n) is 5.81. The number of ether oxygens (including phenoxy) is 1. The van der Waals surface area contributed by atoms with E-state index >= 15 is 0 Å². The molecule has 0 spiro atoms. The number of nitro benzene ring substituents is 1. The molecule has 1 aliphatic heterocycles. The van der Waals surface area contributed by atoms with E-state index in [1.807, 2.05) is 12.1 Å². The quantitative estimate of drug-likeness (QED) is 0.676. The van der Waals surface area contributed by atoms with Gasteiger partial charge < -0.3 is 10.1 Å². The number of fused-ring (bicyclic) bond motifs is 1. The fourth-order valence-corrected chi connectivity index (χ4v) is 2.75. The molecule has 0 fully saturated rings. The second kappa shape index (κ2) is 7.23. The molecule has 1 atom stereocenters. The molecule has 0 bridgehead atoms. The van der Waals surface area contributed by atoms with Crippen molar-refractivity contribution in [3.63, 3.8) is 0 Å². The Bertz CT molecular complexity index is 743. The van der Waals surface area contributed by atoms with E-state index in [2.05, 4.69) is 17.4 Å². The Labute approximate surface area is 139 Å². The third kappa shape index (κ3) is 3.97. The topological polar surface area (TPSA) is 81.5 Å². The number of carbonyl (C=O) groups is 1. The third-order valence-electron chi connectivity index (χ3n) is 4.08. The number of rotatable bonds is 5. The Balaban J connectivity index is 1.48. The largest absolute Gasteiger partial charge is 0.371 e. The van der Waals surface area contributed by atoms with Gasteiger partial charge in [-0.3, -0.25) is 14.9 Å². The summed E-state index contributed by atoms with van der Waals surface area (Å²) in [6.45, 7) is 1.03. The predicted octanol–water partition coefficient (Wildman–Crippen LogP) is 2.40. The van der Waals surface area contributed by atoms with Crippen molar-refractivity contribution in [2.24, 2.45) is 0 Å². The molecule has 1 aliphatic rings. The van der Waals surface area contributed by atoms with Gasteiger partial charge >= 0.3 is 0 Å². The molecule has 6 nitrogen and oxygen atoms in total. The summed E-state index contributed by atoms with van der Waals surface area (Å²) in [5, 5.41) is 13.5. The number of nitro groups is 1. The van der Waals surface area contributed by atoms with Crippen molar-refractivity contribution < 1.29 is 14.5 Å². The molecule has 1 unspecified atom stereocenters. The van der Waals surface area contributed by atoms with Crippen molar-refractivity contribution >= 4 is 11.6 Å². The zero-order chi connectivity index (χ0) is 16.9. The highest BCUT2D eigenvalue weighted by molar-refractivity contribution is 5.78. The zero-order valence-corrected chi connectivity index (χ0v) is 13.1. The molecule has 1 N–H and O–H groups in total. The van der Waals surface area contributed by atoms with Crippen molar-refractivity contribution in [2.45, 2.75) is 25.6 Å². The molecule has 2 aromatic carbocycles. The van der Waals surface area contributed by atoms with Crippen LogP contribution >= 0.6 is 0 Å². The molecular weight excluding hydrogens is 308 g/mol. The van der Waals surface area contributed by atoms with Gasteiger partial charge in [0, 0.05) is 25.1 Å². The normalized spacial score (nSPS) is 16.2. The number of nitrogens with zero attached hydrogens (tertiary/aromatic N) is 1. The Morgan fingerprint density at radius 2 is 1.88 bits per heavy atom. The second-order valence-corrected chi connectivity index (χ2v) is 5.81. The fourth-order valence-electron chi connectivity index (χ4n) is 2.75. The van der Waals surface area contributed by atoms with Gasteiger partial charge in [0.2, 0.25) is 5.91 Å². The van der Waals surface area contributed by atoms with Crippen LogP contribution in [0, 0.1) is 10.1 Å². The van der Waals surface area contributed by atoms with Gasteiger partial charge in [-0.2, -0.15) is 0 Å². The molecule has 2 aromatic rings. The summed E-state index contributed by atoms with van der Waals surface area (Å²) in [5.41, 5.74) is 3.23. The SMILES string of the molecule is O=C(Cc1ccc([N+](=O)[O-])cc1)NCC1Cc2ccccc2CO1. The van der Waals surface area contributed by atoms with E-state index in [9.17, 15) is 14.9 Å². The van der Waals surface area contributed by atoms with Crippen molar-refractivity contribution in [1.82, 2.24) is 5.32 Å². The fraction of sp³-hybridized carbons (Fsp3) is 0.278. The van der Waals surface area contributed by atoms with E-state index in [0.717, 1.165) is 12.0 Å². The van der Waals surface area contributed by atoms with Gasteiger partial charge in [0.25, 0.3) is 5.69 Å². The number of amides is 1. The Morgan fingerprint density at radius 3 is 2.58 bits per heavy atom. The Kier molecular flexibility index (Phi) is 4.86. The van der Waals surface area contributed by atoms with Crippen molar-refractivity contribution in [3.05, 3.63) is 75.3 Å². The van der Waals surface area contributed by atoms with Crippen LogP contribution in [0.2, 0.25) is 0 Å². The molecule has 1 amide bonds. The Hall–Kier alpha value is -2.73. The minimum atomic E-state index is -0.456. The minimum Gasteiger partial charge on any atom is -0.371 e. The minimum absolute atomic E-state index is 0.0217. The average molecular weight is 326 g/mol. The van der Waals surface area contributed by atoms with Gasteiger partial charge in [0.05, 0.1) is 24.1 Å². The molecule has 0 saturated heterocycles. The molecule has 1 heterocycles. The van der Waals surface area contributed by atoms with Crippen molar-refractivity contribution in [3.8, 4) is 0 Å². The molecule has 3 rings (SSSR count). The predicted molar refractivity (Wildman–Crippen MR) is 88.5 cm³/mol. The van der Waals surface area contributed by atoms with Gasteiger partial charge in [-0.15, -0.1) is 0 Å². The molecule has 0 aliphatic carbocycles. The van der Waals surface area contributed by atoms with E-state index in [1.165, 1.54) is 23.3 Å². The van der Waals surface area contributed by atoms with Crippen LogP contribution in [0.3, 0.4) is 0 Å². The third-order valence-corrected chi connectivity index (χ3v) is 4.08. The van der Waals surface area contributed by atoms with Crippen LogP contribution in [-0.2, 0) is 29.0 Å². The highest BCUT2D eigenvalue weighted by atomic mass is 16.6. The highest BCUT2D eigenvalue weighted by Crippen LogP contribution is 2.19. The molecule has 0 saturated carbocycles. The molecule has 24 heavy (non-hydrogen) atoms. The van der Waals surface area contributed by atoms with E-state index in [-0.39, 0.29) is 24.1 Å². The first-order valence-corrected chi connectivity index (χ1v) is 7.80. The summed E-state index contributed by atoms with van der Waals surface area (Å²) in [6.07, 6.45) is 0.954. The molecule has 0 radical (unpaired) electrons. The summed E-state index contributed by atoms with van der Waals surface area (Å²) >= 11 is 0. The standard InChI is InChI=1S/C18H18N2O4/c21-18(9-13-5-7-16(8-6-13)20(22)23)19-11-17-10-14-3-1-2-4-15(14)12-24-17/h1-8,17H,9-12H2,(H,19,21). The van der Waals surface area contributed by atoms with E-state index in [1.54, 1.807) is 12.1 Å². The van der Waals surface area contributed by atoms with Gasteiger partial charge in [-0.05, 0) is 16.7 Å². The molecular formula is C18H18N2O4. The molecule has 6 heteroatoms. The van der Waals surface area contributed by atoms with Crippen LogP contribution in [0.5, 0.6) is 0 Å². The first kappa shape index (κ1) is 16.1. The average Bonchev–Trinajstić information content (AvgIpc) is 2.60. The number of hydrogen-bond donors (Lipinski definition) is 1. The Morgan fingerprint density at radius 1 is 1.17 bits per heavy atom. The maximum atomic E-state index is 12.0. The lowest BCUT2D eigenvalue weighted by Gasteiger charge is -2.25. The summed E-state index contributed by atoms with van der Waals surface area (Å²) in [6, 6.07) is 14.2. The van der Waals surface area contributed by atoms with Crippen LogP contribution in [0.4, 0.5) is 5.69 Å². The van der Waals surface area contributed by atoms with Crippen LogP contribution < -0.4 is 5.32 Å². The monoisotopic (exact) mass is 326 g/mol. The van der Waals surface area contributed by atoms with E-state index in [0.29, 0.717) is 13.2 Å². The lowest BCUT2D eigenvalue weighted by Crippen LogP contribution is -2.37. The summed E-state index contributed by atoms with van der Waals surface area (Å²) in [4.78, 5) is 22.2. The number of non-ortho nitro benzene ring substituents is 1. The smallest absolute Gasteiger partial charge is 0.269 e. The van der Waals surface area contributed by atoms with Crippen LogP contribution in [0.25, 0.3) is 0 Å². The van der Waals surface area contributed by atoms with E-state index in [4.69, 9.17) is 4.74 Å². The van der Waals surface area contributed by atoms with Gasteiger partial charge in [0.1, 0.15) is 0 Å². The first-order valence-electron chi connectivity index (χ1n) is 7.80. The van der Waals surface area contributed by atoms with Gasteiger partial charge in [-0.25, -0.2) is 0 Å². The summed E-state index contributed by atoms with van der Waals surface area (Å²) in [5.74, 6) is -0.119. The van der Waals surface area contributed by atoms with Crippen LogP contribution in [0.15, 0.2) is 48.5 Å². The van der Waals surface area contributed by atoms with Crippen LogP contribution in [0.1, 0.15) is 16.7 Å². The molecule has 124 valence electrons. The van der Waals surface area contributed by atoms with Crippen molar-refractivity contribution in [1.29, 1.82) is 0 Å². The van der Waals surface area contributed by atoms with Crippen molar-refractivity contribution in [2.75, 3.05) is 6.54 Å². The number of nitrogens with one attached hydrogen (secondary N) is 1. The molecule has 0 aromatic heterocycles. The zero-order valence-electron chi connectivity index (χ0n) is 13.1. The highest BCUT2D eigenvalue weighted by Gasteiger charge is 2.19. The van der Waals surface area contributed by atoms with Crippen LogP contribution in [-0.4, -0.2) is 23.5 Å². The lowest BCUT2D eigenvalue weighted by atomic mass is 9.99. The summed E-state index contributed by atoms with van der Waals surface area (Å²) < 4.78 is 5.76. The van der Waals surface area contributed by atoms with E-state index < -0.39 is 4.92 Å². The lowest BCUT2D eigenvalue weighted by molar-refractivity contribution is -0.384. The number of hydrogen-bond acceptors (Lipinski definition) is 4. The van der Waals surface area contributed by atoms with Gasteiger partial charge in [-0.1, -0.05) is 36.4 Å². The van der Waals surface area contributed by atoms with Gasteiger partial charge in [0.15, 0.2) is 0 Å². The number of benzene rings is 2. The maximum Gasteiger partial charge on any atom is 0.269 e. The summed E-state index contributed by atoms with van der Waals surface area (Å²) in [7, 11) is 0. The maximum absolute atomic E-state index is 12.0.